The van der Waals surface area contributed by atoms with Gasteiger partial charge in [-0.15, -0.1) is 0 Å². The summed E-state index contributed by atoms with van der Waals surface area (Å²) >= 11 is 0. The first kappa shape index (κ1) is 13.5. The molecule has 0 aromatic carbocycles. The molecule has 0 atom stereocenters. The van der Waals surface area contributed by atoms with E-state index in [0.29, 0.717) is 19.3 Å². The Kier molecular flexibility index (Phi) is 4.09. The topological polar surface area (TPSA) is 33.2 Å². The number of carbonyl (C=O) groups is 1. The molecule has 17 heavy (non-hydrogen) atoms. The summed E-state index contributed by atoms with van der Waals surface area (Å²) in [6.45, 7) is 4.43. The van der Waals surface area contributed by atoms with E-state index in [-0.39, 0.29) is 5.56 Å². The van der Waals surface area contributed by atoms with E-state index in [9.17, 15) is 18.0 Å². The molecule has 3 nitrogen and oxygen atoms in total. The van der Waals surface area contributed by atoms with Crippen LogP contribution in [0.4, 0.5) is 13.2 Å². The molecule has 0 bridgehead atoms. The van der Waals surface area contributed by atoms with Crippen LogP contribution in [-0.4, -0.2) is 28.9 Å². The van der Waals surface area contributed by atoms with Crippen LogP contribution in [-0.2, 0) is 6.18 Å². The van der Waals surface area contributed by atoms with Crippen molar-refractivity contribution in [2.45, 2.75) is 20.0 Å². The number of aromatic nitrogens is 1. The molecule has 1 rings (SSSR count). The maximum atomic E-state index is 12.4. The van der Waals surface area contributed by atoms with Gasteiger partial charge < -0.3 is 4.90 Å². The quantitative estimate of drug-likeness (QED) is 0.821. The van der Waals surface area contributed by atoms with E-state index in [1.807, 2.05) is 0 Å². The summed E-state index contributed by atoms with van der Waals surface area (Å²) in [5.74, 6) is -0.436. The maximum absolute atomic E-state index is 12.4. The van der Waals surface area contributed by atoms with E-state index in [1.165, 1.54) is 4.90 Å². The van der Waals surface area contributed by atoms with Gasteiger partial charge >= 0.3 is 6.18 Å². The molecule has 0 radical (unpaired) electrons. The average molecular weight is 246 g/mol. The summed E-state index contributed by atoms with van der Waals surface area (Å²) in [6.07, 6.45) is -2.62. The fourth-order valence-electron chi connectivity index (χ4n) is 1.41. The second-order valence-electron chi connectivity index (χ2n) is 3.44. The third-order valence-corrected chi connectivity index (χ3v) is 2.36. The van der Waals surface area contributed by atoms with Crippen molar-refractivity contribution < 1.29 is 18.0 Å². The first-order chi connectivity index (χ1) is 7.90. The van der Waals surface area contributed by atoms with Gasteiger partial charge in [0.25, 0.3) is 5.91 Å². The largest absolute Gasteiger partial charge is 0.417 e. The molecule has 1 amide bonds. The summed E-state index contributed by atoms with van der Waals surface area (Å²) in [6, 6.07) is 0.827. The fourth-order valence-corrected chi connectivity index (χ4v) is 1.41. The molecule has 1 aromatic rings. The monoisotopic (exact) mass is 246 g/mol. The molecular formula is C11H13F3N2O. The van der Waals surface area contributed by atoms with Crippen LogP contribution in [0.1, 0.15) is 29.8 Å². The van der Waals surface area contributed by atoms with Crippen LogP contribution in [0, 0.1) is 0 Å². The van der Waals surface area contributed by atoms with E-state index >= 15 is 0 Å². The summed E-state index contributed by atoms with van der Waals surface area (Å²) < 4.78 is 37.3. The normalized spacial score (nSPS) is 11.4. The molecule has 94 valence electrons. The van der Waals surface area contributed by atoms with Crippen LogP contribution in [0.25, 0.3) is 0 Å². The number of hydrogen-bond acceptors (Lipinski definition) is 2. The number of hydrogen-bond donors (Lipinski definition) is 0. The Morgan fingerprint density at radius 3 is 2.35 bits per heavy atom. The van der Waals surface area contributed by atoms with Crippen molar-refractivity contribution in [3.8, 4) is 0 Å². The Hall–Kier alpha value is -1.59. The van der Waals surface area contributed by atoms with Crippen molar-refractivity contribution in [3.63, 3.8) is 0 Å². The molecule has 0 aliphatic rings. The highest BCUT2D eigenvalue weighted by Gasteiger charge is 2.31. The van der Waals surface area contributed by atoms with Crippen LogP contribution in [0.2, 0.25) is 0 Å². The van der Waals surface area contributed by atoms with E-state index in [4.69, 9.17) is 0 Å². The van der Waals surface area contributed by atoms with Gasteiger partial charge in [-0.3, -0.25) is 9.78 Å². The Bertz CT molecular complexity index is 400. The van der Waals surface area contributed by atoms with Gasteiger partial charge in [-0.25, -0.2) is 0 Å². The molecule has 0 fully saturated rings. The van der Waals surface area contributed by atoms with Gasteiger partial charge in [0.1, 0.15) is 0 Å². The SMILES string of the molecule is CCN(CC)C(=O)c1cncc(C(F)(F)F)c1. The highest BCUT2D eigenvalue weighted by atomic mass is 19.4. The van der Waals surface area contributed by atoms with Crippen molar-refractivity contribution in [2.24, 2.45) is 0 Å². The molecule has 0 saturated carbocycles. The molecule has 0 aliphatic carbocycles. The first-order valence-electron chi connectivity index (χ1n) is 5.21. The lowest BCUT2D eigenvalue weighted by Gasteiger charge is -2.18. The molecule has 0 aliphatic heterocycles. The summed E-state index contributed by atoms with van der Waals surface area (Å²) in [7, 11) is 0. The lowest BCUT2D eigenvalue weighted by atomic mass is 10.2. The summed E-state index contributed by atoms with van der Waals surface area (Å²) in [4.78, 5) is 16.7. The zero-order valence-corrected chi connectivity index (χ0v) is 9.58. The minimum absolute atomic E-state index is 0.0384. The molecule has 0 saturated heterocycles. The summed E-state index contributed by atoms with van der Waals surface area (Å²) in [5, 5.41) is 0. The van der Waals surface area contributed by atoms with E-state index < -0.39 is 17.6 Å². The predicted octanol–water partition coefficient (Wildman–Crippen LogP) is 2.58. The minimum atomic E-state index is -4.48. The third-order valence-electron chi connectivity index (χ3n) is 2.36. The van der Waals surface area contributed by atoms with E-state index in [2.05, 4.69) is 4.98 Å². The number of halogens is 3. The molecule has 0 spiro atoms. The predicted molar refractivity (Wildman–Crippen MR) is 56.5 cm³/mol. The van der Waals surface area contributed by atoms with Gasteiger partial charge in [-0.2, -0.15) is 13.2 Å². The standard InChI is InChI=1S/C11H13F3N2O/c1-3-16(4-2)10(17)8-5-9(7-15-6-8)11(12,13)14/h5-7H,3-4H2,1-2H3. The Labute approximate surface area is 97.3 Å². The van der Waals surface area contributed by atoms with Gasteiger partial charge in [0.2, 0.25) is 0 Å². The Morgan fingerprint density at radius 1 is 1.29 bits per heavy atom. The van der Waals surface area contributed by atoms with Gasteiger partial charge in [0.15, 0.2) is 0 Å². The highest BCUT2D eigenvalue weighted by molar-refractivity contribution is 5.94. The molecule has 0 unspecified atom stereocenters. The Morgan fingerprint density at radius 2 is 1.88 bits per heavy atom. The number of rotatable bonds is 3. The van der Waals surface area contributed by atoms with Crippen LogP contribution in [0.5, 0.6) is 0 Å². The smallest absolute Gasteiger partial charge is 0.339 e. The van der Waals surface area contributed by atoms with Crippen molar-refractivity contribution in [1.29, 1.82) is 0 Å². The second-order valence-corrected chi connectivity index (χ2v) is 3.44. The van der Waals surface area contributed by atoms with Crippen molar-refractivity contribution in [1.82, 2.24) is 9.88 Å². The fraction of sp³-hybridized carbons (Fsp3) is 0.455. The number of pyridine rings is 1. The maximum Gasteiger partial charge on any atom is 0.417 e. The van der Waals surface area contributed by atoms with Crippen molar-refractivity contribution in [2.75, 3.05) is 13.1 Å². The molecular weight excluding hydrogens is 233 g/mol. The second kappa shape index (κ2) is 5.16. The van der Waals surface area contributed by atoms with Gasteiger partial charge in [-0.1, -0.05) is 0 Å². The van der Waals surface area contributed by atoms with Crippen LogP contribution in [0.3, 0.4) is 0 Å². The zero-order valence-electron chi connectivity index (χ0n) is 9.58. The average Bonchev–Trinajstić information content (AvgIpc) is 2.29. The van der Waals surface area contributed by atoms with Gasteiger partial charge in [-0.05, 0) is 19.9 Å². The molecule has 0 N–H and O–H groups in total. The van der Waals surface area contributed by atoms with Crippen LogP contribution < -0.4 is 0 Å². The molecule has 6 heteroatoms. The zero-order chi connectivity index (χ0) is 13.1. The number of nitrogens with zero attached hydrogens (tertiary/aromatic N) is 2. The van der Waals surface area contributed by atoms with Gasteiger partial charge in [0.05, 0.1) is 11.1 Å². The Balaban J connectivity index is 3.04. The summed E-state index contributed by atoms with van der Waals surface area (Å²) in [5.41, 5.74) is -0.945. The van der Waals surface area contributed by atoms with Crippen molar-refractivity contribution >= 4 is 5.91 Å². The number of alkyl halides is 3. The van der Waals surface area contributed by atoms with E-state index in [0.717, 1.165) is 12.3 Å². The van der Waals surface area contributed by atoms with Crippen molar-refractivity contribution in [3.05, 3.63) is 29.6 Å². The molecule has 1 aromatic heterocycles. The van der Waals surface area contributed by atoms with Crippen LogP contribution >= 0.6 is 0 Å². The third kappa shape index (κ3) is 3.18. The van der Waals surface area contributed by atoms with Gasteiger partial charge in [0, 0.05) is 25.5 Å². The number of amides is 1. The lowest BCUT2D eigenvalue weighted by Crippen LogP contribution is -2.30. The minimum Gasteiger partial charge on any atom is -0.339 e. The highest BCUT2D eigenvalue weighted by Crippen LogP contribution is 2.29. The molecule has 1 heterocycles. The van der Waals surface area contributed by atoms with E-state index in [1.54, 1.807) is 13.8 Å². The lowest BCUT2D eigenvalue weighted by molar-refractivity contribution is -0.137. The number of carbonyl (C=O) groups excluding carboxylic acids is 1. The van der Waals surface area contributed by atoms with Crippen LogP contribution in [0.15, 0.2) is 18.5 Å². The first-order valence-corrected chi connectivity index (χ1v) is 5.21.